The average Bonchev–Trinajstić information content (AvgIpc) is 2.48. The van der Waals surface area contributed by atoms with Crippen molar-refractivity contribution < 1.29 is 9.13 Å². The van der Waals surface area contributed by atoms with Crippen molar-refractivity contribution in [3.8, 4) is 5.88 Å². The first-order valence-electron chi connectivity index (χ1n) is 6.11. The van der Waals surface area contributed by atoms with E-state index in [2.05, 4.69) is 31.2 Å². The minimum atomic E-state index is -0.252. The highest BCUT2D eigenvalue weighted by Gasteiger charge is 2.15. The van der Waals surface area contributed by atoms with E-state index in [1.54, 1.807) is 19.2 Å². The summed E-state index contributed by atoms with van der Waals surface area (Å²) in [7, 11) is 3.40. The number of halogens is 2. The molecule has 0 aliphatic heterocycles. The van der Waals surface area contributed by atoms with E-state index in [0.717, 1.165) is 15.7 Å². The smallest absolute Gasteiger partial charge is 0.216 e. The average molecular weight is 340 g/mol. The Balaban J connectivity index is 2.26. The second-order valence-electron chi connectivity index (χ2n) is 4.27. The number of aromatic nitrogens is 2. The Kier molecular flexibility index (Phi) is 5.03. The highest BCUT2D eigenvalue weighted by atomic mass is 79.9. The van der Waals surface area contributed by atoms with E-state index >= 15 is 0 Å². The van der Waals surface area contributed by atoms with Crippen LogP contribution in [0.4, 0.5) is 4.39 Å². The van der Waals surface area contributed by atoms with E-state index in [4.69, 9.17) is 4.74 Å². The quantitative estimate of drug-likeness (QED) is 0.909. The molecule has 0 aliphatic carbocycles. The van der Waals surface area contributed by atoms with E-state index in [9.17, 15) is 4.39 Å². The molecule has 1 aromatic heterocycles. The van der Waals surface area contributed by atoms with E-state index in [1.807, 2.05) is 7.05 Å². The van der Waals surface area contributed by atoms with Gasteiger partial charge >= 0.3 is 0 Å². The Bertz CT molecular complexity index is 594. The summed E-state index contributed by atoms with van der Waals surface area (Å²) in [6.07, 6.45) is 2.06. The summed E-state index contributed by atoms with van der Waals surface area (Å²) in [6, 6.07) is 6.37. The Morgan fingerprint density at radius 1 is 1.35 bits per heavy atom. The van der Waals surface area contributed by atoms with Gasteiger partial charge in [-0.25, -0.2) is 14.4 Å². The molecular weight excluding hydrogens is 325 g/mol. The van der Waals surface area contributed by atoms with Gasteiger partial charge in [0, 0.05) is 10.5 Å². The van der Waals surface area contributed by atoms with Crippen LogP contribution < -0.4 is 10.1 Å². The summed E-state index contributed by atoms with van der Waals surface area (Å²) < 4.78 is 19.3. The number of benzene rings is 1. The Labute approximate surface area is 125 Å². The minimum absolute atomic E-state index is 0.0509. The third-order valence-corrected chi connectivity index (χ3v) is 3.78. The van der Waals surface area contributed by atoms with Gasteiger partial charge in [-0.05, 0) is 37.2 Å². The molecule has 0 spiro atoms. The summed E-state index contributed by atoms with van der Waals surface area (Å²) in [6.45, 7) is 0. The molecule has 1 unspecified atom stereocenters. The lowest BCUT2D eigenvalue weighted by molar-refractivity contribution is 0.394. The fourth-order valence-corrected chi connectivity index (χ4v) is 2.34. The highest BCUT2D eigenvalue weighted by molar-refractivity contribution is 9.10. The second-order valence-corrected chi connectivity index (χ2v) is 5.12. The van der Waals surface area contributed by atoms with Crippen LogP contribution in [-0.4, -0.2) is 24.1 Å². The summed E-state index contributed by atoms with van der Waals surface area (Å²) in [5.41, 5.74) is 1.68. The van der Waals surface area contributed by atoms with Crippen molar-refractivity contribution in [3.63, 3.8) is 0 Å². The molecule has 1 heterocycles. The number of rotatable bonds is 5. The molecule has 4 nitrogen and oxygen atoms in total. The van der Waals surface area contributed by atoms with Crippen molar-refractivity contribution in [2.75, 3.05) is 14.2 Å². The van der Waals surface area contributed by atoms with Crippen molar-refractivity contribution in [1.29, 1.82) is 0 Å². The number of ether oxygens (including phenoxy) is 1. The topological polar surface area (TPSA) is 47.0 Å². The zero-order chi connectivity index (χ0) is 14.5. The predicted octanol–water partition coefficient (Wildman–Crippen LogP) is 2.89. The van der Waals surface area contributed by atoms with Crippen LogP contribution in [0.1, 0.15) is 17.3 Å². The number of hydrogen-bond donors (Lipinski definition) is 1. The van der Waals surface area contributed by atoms with Gasteiger partial charge in [0.1, 0.15) is 12.1 Å². The van der Waals surface area contributed by atoms with Crippen molar-refractivity contribution in [1.82, 2.24) is 15.3 Å². The lowest BCUT2D eigenvalue weighted by Gasteiger charge is -2.17. The standard InChI is InChI=1S/C14H15BrFN3O/c1-17-12(13-7-14(20-2)19-8-18-13)6-9-5-10(16)3-4-11(9)15/h3-5,7-8,12,17H,6H2,1-2H3. The van der Waals surface area contributed by atoms with Crippen LogP contribution in [-0.2, 0) is 6.42 Å². The van der Waals surface area contributed by atoms with Crippen molar-refractivity contribution in [2.24, 2.45) is 0 Å². The molecule has 1 atom stereocenters. The highest BCUT2D eigenvalue weighted by Crippen LogP contribution is 2.24. The first-order chi connectivity index (χ1) is 9.63. The van der Waals surface area contributed by atoms with Gasteiger partial charge in [-0.1, -0.05) is 15.9 Å². The van der Waals surface area contributed by atoms with Crippen molar-refractivity contribution >= 4 is 15.9 Å². The lowest BCUT2D eigenvalue weighted by Crippen LogP contribution is -2.20. The Hall–Kier alpha value is -1.53. The normalized spacial score (nSPS) is 12.2. The predicted molar refractivity (Wildman–Crippen MR) is 78.2 cm³/mol. The largest absolute Gasteiger partial charge is 0.481 e. The molecule has 1 N–H and O–H groups in total. The van der Waals surface area contributed by atoms with Gasteiger partial charge in [0.15, 0.2) is 0 Å². The molecule has 0 saturated carbocycles. The minimum Gasteiger partial charge on any atom is -0.481 e. The molecule has 1 aromatic carbocycles. The molecule has 0 bridgehead atoms. The number of nitrogens with one attached hydrogen (secondary N) is 1. The third-order valence-electron chi connectivity index (χ3n) is 3.01. The molecule has 0 saturated heterocycles. The Morgan fingerprint density at radius 2 is 2.15 bits per heavy atom. The maximum absolute atomic E-state index is 13.3. The number of nitrogens with zero attached hydrogens (tertiary/aromatic N) is 2. The molecule has 0 aliphatic rings. The molecule has 106 valence electrons. The first kappa shape index (κ1) is 14.9. The first-order valence-corrected chi connectivity index (χ1v) is 6.90. The van der Waals surface area contributed by atoms with Crippen molar-refractivity contribution in [2.45, 2.75) is 12.5 Å². The van der Waals surface area contributed by atoms with Crippen LogP contribution in [0.2, 0.25) is 0 Å². The van der Waals surface area contributed by atoms with Gasteiger partial charge < -0.3 is 10.1 Å². The van der Waals surface area contributed by atoms with Crippen LogP contribution >= 0.6 is 15.9 Å². The molecule has 0 radical (unpaired) electrons. The Morgan fingerprint density at radius 3 is 2.85 bits per heavy atom. The van der Waals surface area contributed by atoms with E-state index in [1.165, 1.54) is 18.5 Å². The second kappa shape index (κ2) is 6.76. The molecule has 0 fully saturated rings. The number of likely N-dealkylation sites (N-methyl/N-ethyl adjacent to an activating group) is 1. The number of hydrogen-bond acceptors (Lipinski definition) is 4. The maximum Gasteiger partial charge on any atom is 0.216 e. The van der Waals surface area contributed by atoms with Crippen LogP contribution in [0.3, 0.4) is 0 Å². The summed E-state index contributed by atoms with van der Waals surface area (Å²) in [4.78, 5) is 8.23. The van der Waals surface area contributed by atoms with Crippen LogP contribution in [0.5, 0.6) is 5.88 Å². The van der Waals surface area contributed by atoms with Gasteiger partial charge in [-0.15, -0.1) is 0 Å². The molecule has 20 heavy (non-hydrogen) atoms. The lowest BCUT2D eigenvalue weighted by atomic mass is 10.0. The third kappa shape index (κ3) is 3.52. The van der Waals surface area contributed by atoms with Gasteiger partial charge in [-0.3, -0.25) is 0 Å². The summed E-state index contributed by atoms with van der Waals surface area (Å²) in [5.74, 6) is 0.256. The van der Waals surface area contributed by atoms with Gasteiger partial charge in [0.05, 0.1) is 18.8 Å². The number of methoxy groups -OCH3 is 1. The van der Waals surface area contributed by atoms with Crippen LogP contribution in [0, 0.1) is 5.82 Å². The van der Waals surface area contributed by atoms with Crippen LogP contribution in [0.25, 0.3) is 0 Å². The van der Waals surface area contributed by atoms with Gasteiger partial charge in [-0.2, -0.15) is 0 Å². The maximum atomic E-state index is 13.3. The summed E-state index contributed by atoms with van der Waals surface area (Å²) in [5, 5.41) is 3.18. The molecular formula is C14H15BrFN3O. The van der Waals surface area contributed by atoms with Gasteiger partial charge in [0.25, 0.3) is 0 Å². The zero-order valence-corrected chi connectivity index (χ0v) is 12.8. The van der Waals surface area contributed by atoms with E-state index < -0.39 is 0 Å². The monoisotopic (exact) mass is 339 g/mol. The fourth-order valence-electron chi connectivity index (χ4n) is 1.93. The van der Waals surface area contributed by atoms with Gasteiger partial charge in [0.2, 0.25) is 5.88 Å². The zero-order valence-electron chi connectivity index (χ0n) is 11.2. The fraction of sp³-hybridized carbons (Fsp3) is 0.286. The van der Waals surface area contributed by atoms with Crippen LogP contribution in [0.15, 0.2) is 35.1 Å². The van der Waals surface area contributed by atoms with Crippen molar-refractivity contribution in [3.05, 3.63) is 52.1 Å². The SMILES string of the molecule is CNC(Cc1cc(F)ccc1Br)c1cc(OC)ncn1. The molecule has 2 rings (SSSR count). The summed E-state index contributed by atoms with van der Waals surface area (Å²) >= 11 is 3.44. The molecule has 2 aromatic rings. The van der Waals surface area contributed by atoms with E-state index in [-0.39, 0.29) is 11.9 Å². The van der Waals surface area contributed by atoms with E-state index in [0.29, 0.717) is 12.3 Å². The molecule has 6 heteroatoms. The molecule has 0 amide bonds.